The van der Waals surface area contributed by atoms with Gasteiger partial charge in [0.1, 0.15) is 5.75 Å². The van der Waals surface area contributed by atoms with Crippen molar-refractivity contribution in [3.8, 4) is 5.75 Å². The number of rotatable bonds is 7. The highest BCUT2D eigenvalue weighted by atomic mass is 16.5. The van der Waals surface area contributed by atoms with Gasteiger partial charge >= 0.3 is 6.03 Å². The van der Waals surface area contributed by atoms with E-state index in [1.165, 1.54) is 5.56 Å². The molecule has 2 N–H and O–H groups in total. The Hall–Kier alpha value is -1.75. The second-order valence-electron chi connectivity index (χ2n) is 5.69. The molecule has 2 unspecified atom stereocenters. The highest BCUT2D eigenvalue weighted by Crippen LogP contribution is 2.15. The van der Waals surface area contributed by atoms with Crippen molar-refractivity contribution < 1.29 is 14.3 Å². The van der Waals surface area contributed by atoms with Gasteiger partial charge in [0.05, 0.1) is 19.3 Å². The zero-order valence-corrected chi connectivity index (χ0v) is 13.4. The van der Waals surface area contributed by atoms with Crippen LogP contribution in [0.3, 0.4) is 0 Å². The summed E-state index contributed by atoms with van der Waals surface area (Å²) in [6, 6.07) is 7.97. The molecule has 0 aliphatic carbocycles. The number of hydrogen-bond donors (Lipinski definition) is 2. The van der Waals surface area contributed by atoms with Crippen molar-refractivity contribution >= 4 is 6.03 Å². The molecule has 1 fully saturated rings. The van der Waals surface area contributed by atoms with Gasteiger partial charge in [0.25, 0.3) is 0 Å². The molecule has 2 amide bonds. The van der Waals surface area contributed by atoms with Crippen LogP contribution in [0.1, 0.15) is 31.7 Å². The summed E-state index contributed by atoms with van der Waals surface area (Å²) < 4.78 is 10.7. The maximum absolute atomic E-state index is 11.8. The first-order valence-corrected chi connectivity index (χ1v) is 7.98. The molecule has 1 aliphatic heterocycles. The molecule has 0 radical (unpaired) electrons. The van der Waals surface area contributed by atoms with Crippen LogP contribution >= 0.6 is 0 Å². The van der Waals surface area contributed by atoms with Crippen LogP contribution in [0.15, 0.2) is 24.3 Å². The summed E-state index contributed by atoms with van der Waals surface area (Å²) >= 11 is 0. The lowest BCUT2D eigenvalue weighted by Crippen LogP contribution is -2.46. The fourth-order valence-electron chi connectivity index (χ4n) is 2.63. The minimum absolute atomic E-state index is 0.0593. The van der Waals surface area contributed by atoms with Crippen LogP contribution in [-0.4, -0.2) is 38.4 Å². The Balaban J connectivity index is 1.60. The van der Waals surface area contributed by atoms with Gasteiger partial charge in [0.2, 0.25) is 0 Å². The van der Waals surface area contributed by atoms with Crippen LogP contribution in [0.25, 0.3) is 0 Å². The molecule has 1 aromatic rings. The van der Waals surface area contributed by atoms with E-state index < -0.39 is 0 Å². The lowest BCUT2D eigenvalue weighted by Gasteiger charge is -2.20. The van der Waals surface area contributed by atoms with Crippen LogP contribution in [0.5, 0.6) is 5.75 Å². The van der Waals surface area contributed by atoms with E-state index in [1.54, 1.807) is 7.11 Å². The molecule has 2 rings (SSSR count). The van der Waals surface area contributed by atoms with E-state index in [1.807, 2.05) is 19.1 Å². The van der Waals surface area contributed by atoms with Crippen molar-refractivity contribution in [2.45, 2.75) is 44.8 Å². The quantitative estimate of drug-likeness (QED) is 0.761. The van der Waals surface area contributed by atoms with E-state index in [9.17, 15) is 4.79 Å². The number of benzene rings is 1. The fourth-order valence-corrected chi connectivity index (χ4v) is 2.63. The third-order valence-electron chi connectivity index (χ3n) is 3.97. The summed E-state index contributed by atoms with van der Waals surface area (Å²) in [7, 11) is 1.66. The molecule has 0 aromatic heterocycles. The minimum atomic E-state index is -0.113. The summed E-state index contributed by atoms with van der Waals surface area (Å²) in [5.41, 5.74) is 1.25. The molecule has 22 heavy (non-hydrogen) atoms. The van der Waals surface area contributed by atoms with Crippen molar-refractivity contribution in [1.29, 1.82) is 0 Å². The molecule has 122 valence electrons. The molecule has 2 atom stereocenters. The topological polar surface area (TPSA) is 59.6 Å². The van der Waals surface area contributed by atoms with Gasteiger partial charge in [-0.1, -0.05) is 12.1 Å². The highest BCUT2D eigenvalue weighted by molar-refractivity contribution is 5.74. The second-order valence-corrected chi connectivity index (χ2v) is 5.69. The Morgan fingerprint density at radius 2 is 2.18 bits per heavy atom. The Morgan fingerprint density at radius 1 is 1.41 bits per heavy atom. The Morgan fingerprint density at radius 3 is 2.82 bits per heavy atom. The third-order valence-corrected chi connectivity index (χ3v) is 3.97. The maximum atomic E-state index is 11.8. The van der Waals surface area contributed by atoms with Gasteiger partial charge in [-0.3, -0.25) is 0 Å². The first-order chi connectivity index (χ1) is 10.7. The number of aryl methyl sites for hydroxylation is 1. The number of methoxy groups -OCH3 is 1. The molecule has 1 heterocycles. The van der Waals surface area contributed by atoms with Gasteiger partial charge in [0, 0.05) is 13.2 Å². The van der Waals surface area contributed by atoms with Crippen molar-refractivity contribution in [3.63, 3.8) is 0 Å². The number of ether oxygens (including phenoxy) is 2. The number of urea groups is 1. The lowest BCUT2D eigenvalue weighted by atomic mass is 10.1. The molecule has 1 aromatic carbocycles. The predicted molar refractivity (Wildman–Crippen MR) is 86.3 cm³/mol. The Bertz CT molecular complexity index is 455. The van der Waals surface area contributed by atoms with E-state index in [-0.39, 0.29) is 18.2 Å². The molecule has 1 saturated heterocycles. The standard InChI is InChI=1S/C17H26N2O3/c1-13(16-6-4-12-22-16)19-17(20)18-11-3-5-14-7-9-15(21-2)10-8-14/h7-10,13,16H,3-6,11-12H2,1-2H3,(H2,18,19,20). The van der Waals surface area contributed by atoms with Crippen molar-refractivity contribution in [2.75, 3.05) is 20.3 Å². The third kappa shape index (κ3) is 5.22. The van der Waals surface area contributed by atoms with E-state index >= 15 is 0 Å². The monoisotopic (exact) mass is 306 g/mol. The van der Waals surface area contributed by atoms with Gasteiger partial charge in [-0.2, -0.15) is 0 Å². The van der Waals surface area contributed by atoms with Crippen LogP contribution < -0.4 is 15.4 Å². The predicted octanol–water partition coefficient (Wildman–Crippen LogP) is 2.49. The molecule has 5 nitrogen and oxygen atoms in total. The van der Waals surface area contributed by atoms with Gasteiger partial charge in [0.15, 0.2) is 0 Å². The first kappa shape index (κ1) is 16.6. The summed E-state index contributed by atoms with van der Waals surface area (Å²) in [5, 5.41) is 5.84. The van der Waals surface area contributed by atoms with E-state index in [4.69, 9.17) is 9.47 Å². The molecular weight excluding hydrogens is 280 g/mol. The van der Waals surface area contributed by atoms with Crippen LogP contribution in [0.4, 0.5) is 4.79 Å². The fraction of sp³-hybridized carbons (Fsp3) is 0.588. The molecule has 0 spiro atoms. The first-order valence-electron chi connectivity index (χ1n) is 7.98. The Kier molecular flexibility index (Phi) is 6.52. The van der Waals surface area contributed by atoms with Gasteiger partial charge < -0.3 is 20.1 Å². The van der Waals surface area contributed by atoms with Crippen molar-refractivity contribution in [2.24, 2.45) is 0 Å². The van der Waals surface area contributed by atoms with Crippen LogP contribution in [0.2, 0.25) is 0 Å². The number of amides is 2. The Labute approximate surface area is 132 Å². The smallest absolute Gasteiger partial charge is 0.315 e. The van der Waals surface area contributed by atoms with Gasteiger partial charge in [-0.05, 0) is 50.3 Å². The number of nitrogens with one attached hydrogen (secondary N) is 2. The normalized spacial score (nSPS) is 18.7. The molecular formula is C17H26N2O3. The average molecular weight is 306 g/mol. The molecule has 0 bridgehead atoms. The van der Waals surface area contributed by atoms with Gasteiger partial charge in [-0.25, -0.2) is 4.79 Å². The van der Waals surface area contributed by atoms with Crippen molar-refractivity contribution in [3.05, 3.63) is 29.8 Å². The molecule has 5 heteroatoms. The lowest BCUT2D eigenvalue weighted by molar-refractivity contribution is 0.0860. The van der Waals surface area contributed by atoms with Crippen LogP contribution in [0, 0.1) is 0 Å². The van der Waals surface area contributed by atoms with Gasteiger partial charge in [-0.15, -0.1) is 0 Å². The number of carbonyl (C=O) groups excluding carboxylic acids is 1. The summed E-state index contributed by atoms with van der Waals surface area (Å²) in [4.78, 5) is 11.8. The van der Waals surface area contributed by atoms with E-state index in [0.717, 1.165) is 38.0 Å². The number of hydrogen-bond acceptors (Lipinski definition) is 3. The van der Waals surface area contributed by atoms with E-state index in [0.29, 0.717) is 6.54 Å². The molecule has 1 aliphatic rings. The maximum Gasteiger partial charge on any atom is 0.315 e. The summed E-state index contributed by atoms with van der Waals surface area (Å²) in [6.45, 7) is 3.46. The van der Waals surface area contributed by atoms with Crippen LogP contribution in [-0.2, 0) is 11.2 Å². The largest absolute Gasteiger partial charge is 0.497 e. The minimum Gasteiger partial charge on any atom is -0.497 e. The molecule has 0 saturated carbocycles. The summed E-state index contributed by atoms with van der Waals surface area (Å²) in [5.74, 6) is 0.865. The van der Waals surface area contributed by atoms with E-state index in [2.05, 4.69) is 22.8 Å². The summed E-state index contributed by atoms with van der Waals surface area (Å²) in [6.07, 6.45) is 4.11. The van der Waals surface area contributed by atoms with Crippen molar-refractivity contribution in [1.82, 2.24) is 10.6 Å². The SMILES string of the molecule is COc1ccc(CCCNC(=O)NC(C)C2CCCO2)cc1. The zero-order chi connectivity index (χ0) is 15.8. The zero-order valence-electron chi connectivity index (χ0n) is 13.4. The second kappa shape index (κ2) is 8.63. The average Bonchev–Trinajstić information content (AvgIpc) is 3.06. The highest BCUT2D eigenvalue weighted by Gasteiger charge is 2.23. The number of carbonyl (C=O) groups is 1.